The Hall–Kier alpha value is -2.97. The van der Waals surface area contributed by atoms with Crippen LogP contribution in [0.1, 0.15) is 49.5 Å². The van der Waals surface area contributed by atoms with Gasteiger partial charge in [0.15, 0.2) is 0 Å². The standard InChI is InChI=1S/C28H38FN3O4/c1-6-8-27(33)30-23-11-12-24-25(14-23)36-18-20(3)32(16-21-9-7-10-22(29)13-21)15-19(2)26(35-5)17-31(4)28(24)34/h7,9-14,19-20,26H,6,8,15-18H2,1-5H3,(H,30,33)/t19-,20-,26-/m1/s1. The Morgan fingerprint density at radius 1 is 1.19 bits per heavy atom. The molecule has 0 radical (unpaired) electrons. The number of hydrogen-bond acceptors (Lipinski definition) is 5. The molecule has 196 valence electrons. The molecule has 1 aliphatic rings. The van der Waals surface area contributed by atoms with Crippen LogP contribution in [0.5, 0.6) is 5.75 Å². The number of methoxy groups -OCH3 is 1. The van der Waals surface area contributed by atoms with Crippen LogP contribution in [0.15, 0.2) is 42.5 Å². The van der Waals surface area contributed by atoms with Crippen LogP contribution in [0.2, 0.25) is 0 Å². The van der Waals surface area contributed by atoms with E-state index in [0.29, 0.717) is 49.7 Å². The molecule has 1 N–H and O–H groups in total. The molecule has 0 bridgehead atoms. The Balaban J connectivity index is 1.93. The minimum Gasteiger partial charge on any atom is -0.491 e. The van der Waals surface area contributed by atoms with Crippen molar-refractivity contribution in [2.45, 2.75) is 52.3 Å². The fourth-order valence-corrected chi connectivity index (χ4v) is 4.47. The maximum Gasteiger partial charge on any atom is 0.257 e. The zero-order chi connectivity index (χ0) is 26.2. The van der Waals surface area contributed by atoms with E-state index in [-0.39, 0.29) is 35.7 Å². The molecule has 2 amide bonds. The average molecular weight is 500 g/mol. The summed E-state index contributed by atoms with van der Waals surface area (Å²) < 4.78 is 25.9. The van der Waals surface area contributed by atoms with E-state index in [1.54, 1.807) is 49.4 Å². The molecule has 0 unspecified atom stereocenters. The van der Waals surface area contributed by atoms with Crippen molar-refractivity contribution >= 4 is 17.5 Å². The first-order chi connectivity index (χ1) is 17.2. The molecule has 0 fully saturated rings. The molecule has 2 aromatic rings. The highest BCUT2D eigenvalue weighted by Crippen LogP contribution is 2.27. The minimum absolute atomic E-state index is 0.0355. The molecule has 7 nitrogen and oxygen atoms in total. The molecule has 3 atom stereocenters. The summed E-state index contributed by atoms with van der Waals surface area (Å²) in [6.07, 6.45) is 0.980. The number of carbonyl (C=O) groups excluding carboxylic acids is 2. The molecular weight excluding hydrogens is 461 g/mol. The maximum atomic E-state index is 13.9. The van der Waals surface area contributed by atoms with Gasteiger partial charge < -0.3 is 19.7 Å². The van der Waals surface area contributed by atoms with E-state index in [4.69, 9.17) is 9.47 Å². The van der Waals surface area contributed by atoms with E-state index in [2.05, 4.69) is 24.1 Å². The molecular formula is C28H38FN3O4. The number of hydrogen-bond donors (Lipinski definition) is 1. The predicted octanol–water partition coefficient (Wildman–Crippen LogP) is 4.57. The van der Waals surface area contributed by atoms with Gasteiger partial charge in [-0.05, 0) is 49.1 Å². The lowest BCUT2D eigenvalue weighted by Gasteiger charge is -2.36. The van der Waals surface area contributed by atoms with Gasteiger partial charge in [0.1, 0.15) is 18.2 Å². The number of rotatable bonds is 6. The van der Waals surface area contributed by atoms with E-state index in [0.717, 1.165) is 12.0 Å². The fourth-order valence-electron chi connectivity index (χ4n) is 4.47. The Kier molecular flexibility index (Phi) is 9.84. The van der Waals surface area contributed by atoms with Crippen LogP contribution in [0.25, 0.3) is 0 Å². The summed E-state index contributed by atoms with van der Waals surface area (Å²) in [6, 6.07) is 11.7. The Morgan fingerprint density at radius 3 is 2.67 bits per heavy atom. The zero-order valence-electron chi connectivity index (χ0n) is 21.9. The minimum atomic E-state index is -0.264. The molecule has 8 heteroatoms. The van der Waals surface area contributed by atoms with Gasteiger partial charge in [-0.1, -0.05) is 26.0 Å². The van der Waals surface area contributed by atoms with Gasteiger partial charge >= 0.3 is 0 Å². The van der Waals surface area contributed by atoms with Gasteiger partial charge in [-0.2, -0.15) is 0 Å². The SMILES string of the molecule is CCCC(=O)Nc1ccc2c(c1)OC[C@@H](C)N(Cc1cccc(F)c1)C[C@@H](C)[C@H](OC)CN(C)C2=O. The number of ether oxygens (including phenoxy) is 2. The number of amides is 2. The molecule has 1 heterocycles. The van der Waals surface area contributed by atoms with Gasteiger partial charge in [0.25, 0.3) is 5.91 Å². The summed E-state index contributed by atoms with van der Waals surface area (Å²) in [7, 11) is 3.41. The number of halogens is 1. The summed E-state index contributed by atoms with van der Waals surface area (Å²) >= 11 is 0. The van der Waals surface area contributed by atoms with Crippen LogP contribution in [0.4, 0.5) is 10.1 Å². The van der Waals surface area contributed by atoms with Crippen LogP contribution < -0.4 is 10.1 Å². The molecule has 0 saturated heterocycles. The molecule has 0 spiro atoms. The highest BCUT2D eigenvalue weighted by molar-refractivity contribution is 5.98. The monoisotopic (exact) mass is 499 g/mol. The lowest BCUT2D eigenvalue weighted by atomic mass is 10.0. The number of anilines is 1. The summed E-state index contributed by atoms with van der Waals surface area (Å²) in [5.74, 6) is 0.00836. The number of nitrogens with one attached hydrogen (secondary N) is 1. The summed E-state index contributed by atoms with van der Waals surface area (Å²) in [4.78, 5) is 29.3. The van der Waals surface area contributed by atoms with Crippen molar-refractivity contribution in [1.29, 1.82) is 0 Å². The summed E-state index contributed by atoms with van der Waals surface area (Å²) in [6.45, 7) is 8.06. The molecule has 2 aromatic carbocycles. The molecule has 1 aliphatic heterocycles. The third-order valence-electron chi connectivity index (χ3n) is 6.61. The smallest absolute Gasteiger partial charge is 0.257 e. The number of carbonyl (C=O) groups is 2. The quantitative estimate of drug-likeness (QED) is 0.631. The van der Waals surface area contributed by atoms with Crippen molar-refractivity contribution in [2.75, 3.05) is 39.2 Å². The number of likely N-dealkylation sites (N-methyl/N-ethyl adjacent to an activating group) is 1. The van der Waals surface area contributed by atoms with Crippen LogP contribution in [-0.2, 0) is 16.1 Å². The van der Waals surface area contributed by atoms with Crippen LogP contribution in [0, 0.1) is 11.7 Å². The summed E-state index contributed by atoms with van der Waals surface area (Å²) in [5, 5.41) is 2.88. The zero-order valence-corrected chi connectivity index (χ0v) is 21.9. The number of nitrogens with zero attached hydrogens (tertiary/aromatic N) is 2. The van der Waals surface area contributed by atoms with Gasteiger partial charge in [-0.3, -0.25) is 14.5 Å². The first-order valence-corrected chi connectivity index (χ1v) is 12.5. The highest BCUT2D eigenvalue weighted by atomic mass is 19.1. The molecule has 0 aliphatic carbocycles. The average Bonchev–Trinajstić information content (AvgIpc) is 2.84. The second-order valence-corrected chi connectivity index (χ2v) is 9.67. The van der Waals surface area contributed by atoms with Crippen molar-refractivity contribution in [3.63, 3.8) is 0 Å². The maximum absolute atomic E-state index is 13.9. The molecule has 36 heavy (non-hydrogen) atoms. The second kappa shape index (κ2) is 12.8. The van der Waals surface area contributed by atoms with E-state index >= 15 is 0 Å². The van der Waals surface area contributed by atoms with Crippen LogP contribution in [-0.4, -0.2) is 67.6 Å². The van der Waals surface area contributed by atoms with Gasteiger partial charge in [0.05, 0.1) is 11.7 Å². The lowest BCUT2D eigenvalue weighted by molar-refractivity contribution is -0.116. The van der Waals surface area contributed by atoms with E-state index in [1.165, 1.54) is 6.07 Å². The fraction of sp³-hybridized carbons (Fsp3) is 0.500. The summed E-state index contributed by atoms with van der Waals surface area (Å²) in [5.41, 5.74) is 1.89. The van der Waals surface area contributed by atoms with Crippen molar-refractivity contribution < 1.29 is 23.5 Å². The first-order valence-electron chi connectivity index (χ1n) is 12.5. The van der Waals surface area contributed by atoms with Crippen LogP contribution >= 0.6 is 0 Å². The van der Waals surface area contributed by atoms with Crippen LogP contribution in [0.3, 0.4) is 0 Å². The van der Waals surface area contributed by atoms with E-state index < -0.39 is 0 Å². The van der Waals surface area contributed by atoms with E-state index in [9.17, 15) is 14.0 Å². The van der Waals surface area contributed by atoms with Gasteiger partial charge in [0, 0.05) is 58.0 Å². The van der Waals surface area contributed by atoms with Crippen molar-refractivity contribution in [3.05, 3.63) is 59.4 Å². The Bertz CT molecular complexity index is 1050. The first kappa shape index (κ1) is 27.6. The number of benzene rings is 2. The van der Waals surface area contributed by atoms with Crippen molar-refractivity contribution in [1.82, 2.24) is 9.80 Å². The van der Waals surface area contributed by atoms with Gasteiger partial charge in [0.2, 0.25) is 5.91 Å². The topological polar surface area (TPSA) is 71.1 Å². The van der Waals surface area contributed by atoms with Gasteiger partial charge in [-0.25, -0.2) is 4.39 Å². The van der Waals surface area contributed by atoms with Crippen molar-refractivity contribution in [3.8, 4) is 5.75 Å². The predicted molar refractivity (Wildman–Crippen MR) is 139 cm³/mol. The second-order valence-electron chi connectivity index (χ2n) is 9.67. The Morgan fingerprint density at radius 2 is 1.97 bits per heavy atom. The van der Waals surface area contributed by atoms with E-state index in [1.807, 2.05) is 13.0 Å². The lowest BCUT2D eigenvalue weighted by Crippen LogP contribution is -2.46. The number of fused-ring (bicyclic) bond motifs is 1. The highest BCUT2D eigenvalue weighted by Gasteiger charge is 2.28. The largest absolute Gasteiger partial charge is 0.491 e. The third kappa shape index (κ3) is 7.27. The Labute approximate surface area is 213 Å². The van der Waals surface area contributed by atoms with Gasteiger partial charge in [-0.15, -0.1) is 0 Å². The molecule has 0 aromatic heterocycles. The normalized spacial score (nSPS) is 21.7. The molecule has 0 saturated carbocycles. The third-order valence-corrected chi connectivity index (χ3v) is 6.61. The van der Waals surface area contributed by atoms with Crippen molar-refractivity contribution in [2.24, 2.45) is 5.92 Å². The molecule has 3 rings (SSSR count).